The Hall–Kier alpha value is -2.69. The van der Waals surface area contributed by atoms with Gasteiger partial charge in [-0.15, -0.1) is 0 Å². The van der Waals surface area contributed by atoms with E-state index in [1.54, 1.807) is 24.7 Å². The molecule has 0 aromatic carbocycles. The second kappa shape index (κ2) is 3.96. The number of aromatic amines is 1. The Kier molecular flexibility index (Phi) is 2.30. The minimum Gasteiger partial charge on any atom is -0.478 e. The highest BCUT2D eigenvalue weighted by atomic mass is 16.4. The van der Waals surface area contributed by atoms with Gasteiger partial charge >= 0.3 is 5.97 Å². The van der Waals surface area contributed by atoms with Crippen molar-refractivity contribution >= 4 is 17.0 Å². The standard InChI is InChI=1S/C13H9N3O2/c17-13(18)11-6-14-5-3-8(11)10-7-16-12-9(10)2-1-4-15-12/h1-7H,(H,15,16)(H,17,18). The summed E-state index contributed by atoms with van der Waals surface area (Å²) in [7, 11) is 0. The lowest BCUT2D eigenvalue weighted by Crippen LogP contribution is -1.99. The molecule has 5 nitrogen and oxygen atoms in total. The van der Waals surface area contributed by atoms with Crippen molar-refractivity contribution < 1.29 is 9.90 Å². The van der Waals surface area contributed by atoms with Crippen molar-refractivity contribution in [1.29, 1.82) is 0 Å². The van der Waals surface area contributed by atoms with Crippen LogP contribution in [0.1, 0.15) is 10.4 Å². The molecule has 0 atom stereocenters. The van der Waals surface area contributed by atoms with Crippen LogP contribution in [0.25, 0.3) is 22.2 Å². The molecule has 0 saturated heterocycles. The first-order valence-electron chi connectivity index (χ1n) is 5.37. The van der Waals surface area contributed by atoms with E-state index in [2.05, 4.69) is 15.0 Å². The van der Waals surface area contributed by atoms with Crippen molar-refractivity contribution in [2.45, 2.75) is 0 Å². The summed E-state index contributed by atoms with van der Waals surface area (Å²) in [4.78, 5) is 22.2. The van der Waals surface area contributed by atoms with Crippen LogP contribution >= 0.6 is 0 Å². The third-order valence-corrected chi connectivity index (χ3v) is 2.79. The lowest BCUT2D eigenvalue weighted by Gasteiger charge is -2.03. The number of nitrogens with zero attached hydrogens (tertiary/aromatic N) is 2. The van der Waals surface area contributed by atoms with Gasteiger partial charge in [0, 0.05) is 41.3 Å². The molecule has 0 aliphatic carbocycles. The van der Waals surface area contributed by atoms with Gasteiger partial charge in [-0.3, -0.25) is 4.98 Å². The van der Waals surface area contributed by atoms with E-state index in [4.69, 9.17) is 0 Å². The maximum atomic E-state index is 11.2. The summed E-state index contributed by atoms with van der Waals surface area (Å²) < 4.78 is 0. The van der Waals surface area contributed by atoms with E-state index >= 15 is 0 Å². The van der Waals surface area contributed by atoms with Crippen LogP contribution < -0.4 is 0 Å². The lowest BCUT2D eigenvalue weighted by molar-refractivity contribution is 0.0697. The average Bonchev–Trinajstić information content (AvgIpc) is 2.82. The van der Waals surface area contributed by atoms with Crippen LogP contribution in [0.2, 0.25) is 0 Å². The van der Waals surface area contributed by atoms with Gasteiger partial charge in [-0.1, -0.05) is 0 Å². The quantitative estimate of drug-likeness (QED) is 0.719. The van der Waals surface area contributed by atoms with Gasteiger partial charge in [-0.2, -0.15) is 0 Å². The van der Waals surface area contributed by atoms with Gasteiger partial charge in [0.1, 0.15) is 5.65 Å². The molecule has 0 aliphatic rings. The summed E-state index contributed by atoms with van der Waals surface area (Å²) in [5.41, 5.74) is 2.37. The number of aromatic carboxylic acids is 1. The van der Waals surface area contributed by atoms with Crippen molar-refractivity contribution in [2.75, 3.05) is 0 Å². The highest BCUT2D eigenvalue weighted by molar-refractivity contribution is 6.02. The Bertz CT molecular complexity index is 734. The number of H-pyrrole nitrogens is 1. The number of hydrogen-bond acceptors (Lipinski definition) is 3. The molecule has 0 unspecified atom stereocenters. The summed E-state index contributed by atoms with van der Waals surface area (Å²) in [6.07, 6.45) is 6.39. The molecule has 3 heterocycles. The summed E-state index contributed by atoms with van der Waals surface area (Å²) in [5.74, 6) is -0.989. The zero-order valence-electron chi connectivity index (χ0n) is 9.29. The molecule has 3 rings (SSSR count). The second-order valence-electron chi connectivity index (χ2n) is 3.83. The molecular formula is C13H9N3O2. The van der Waals surface area contributed by atoms with Crippen LogP contribution in [-0.2, 0) is 0 Å². The van der Waals surface area contributed by atoms with E-state index < -0.39 is 5.97 Å². The fraction of sp³-hybridized carbons (Fsp3) is 0. The molecule has 3 aromatic rings. The number of pyridine rings is 2. The normalized spacial score (nSPS) is 10.7. The van der Waals surface area contributed by atoms with E-state index in [-0.39, 0.29) is 5.56 Å². The van der Waals surface area contributed by atoms with Crippen LogP contribution in [0.3, 0.4) is 0 Å². The Morgan fingerprint density at radius 1 is 1.22 bits per heavy atom. The van der Waals surface area contributed by atoms with E-state index in [1.807, 2.05) is 12.1 Å². The van der Waals surface area contributed by atoms with E-state index in [0.717, 1.165) is 16.6 Å². The highest BCUT2D eigenvalue weighted by Gasteiger charge is 2.14. The number of carbonyl (C=O) groups is 1. The van der Waals surface area contributed by atoms with Crippen molar-refractivity contribution in [3.63, 3.8) is 0 Å². The van der Waals surface area contributed by atoms with Gasteiger partial charge in [0.2, 0.25) is 0 Å². The molecule has 0 spiro atoms. The lowest BCUT2D eigenvalue weighted by atomic mass is 10.0. The van der Waals surface area contributed by atoms with Crippen molar-refractivity contribution in [2.24, 2.45) is 0 Å². The number of carboxylic acid groups (broad SMARTS) is 1. The van der Waals surface area contributed by atoms with Crippen LogP contribution in [0.15, 0.2) is 43.0 Å². The number of carboxylic acids is 1. The zero-order valence-corrected chi connectivity index (χ0v) is 9.29. The first kappa shape index (κ1) is 10.5. The molecule has 18 heavy (non-hydrogen) atoms. The predicted octanol–water partition coefficient (Wildman–Crippen LogP) is 2.32. The summed E-state index contributed by atoms with van der Waals surface area (Å²) in [6, 6.07) is 5.42. The first-order chi connectivity index (χ1) is 8.77. The number of rotatable bonds is 2. The SMILES string of the molecule is O=C(O)c1cnccc1-c1c[nH]c2ncccc12. The summed E-state index contributed by atoms with van der Waals surface area (Å²) >= 11 is 0. The molecule has 0 amide bonds. The zero-order chi connectivity index (χ0) is 12.5. The maximum absolute atomic E-state index is 11.2. The molecule has 0 bridgehead atoms. The molecule has 88 valence electrons. The summed E-state index contributed by atoms with van der Waals surface area (Å²) in [6.45, 7) is 0. The van der Waals surface area contributed by atoms with Crippen molar-refractivity contribution in [3.05, 3.63) is 48.5 Å². The highest BCUT2D eigenvalue weighted by Crippen LogP contribution is 2.29. The van der Waals surface area contributed by atoms with E-state index in [1.165, 1.54) is 6.20 Å². The maximum Gasteiger partial charge on any atom is 0.337 e. The second-order valence-corrected chi connectivity index (χ2v) is 3.83. The Morgan fingerprint density at radius 3 is 2.94 bits per heavy atom. The Labute approximate surface area is 102 Å². The Balaban J connectivity index is 2.30. The molecule has 0 fully saturated rings. The van der Waals surface area contributed by atoms with Gasteiger partial charge in [0.25, 0.3) is 0 Å². The third-order valence-electron chi connectivity index (χ3n) is 2.79. The molecular weight excluding hydrogens is 230 g/mol. The largest absolute Gasteiger partial charge is 0.478 e. The van der Waals surface area contributed by atoms with Crippen molar-refractivity contribution in [3.8, 4) is 11.1 Å². The number of aromatic nitrogens is 3. The third kappa shape index (κ3) is 1.53. The van der Waals surface area contributed by atoms with Gasteiger partial charge in [-0.05, 0) is 18.2 Å². The average molecular weight is 239 g/mol. The minimum atomic E-state index is -0.989. The van der Waals surface area contributed by atoms with Gasteiger partial charge in [-0.25, -0.2) is 9.78 Å². The van der Waals surface area contributed by atoms with Crippen LogP contribution in [0.4, 0.5) is 0 Å². The smallest absolute Gasteiger partial charge is 0.337 e. The van der Waals surface area contributed by atoms with Gasteiger partial charge < -0.3 is 10.1 Å². The Morgan fingerprint density at radius 2 is 2.11 bits per heavy atom. The number of nitrogens with one attached hydrogen (secondary N) is 1. The molecule has 0 saturated carbocycles. The topological polar surface area (TPSA) is 78.9 Å². The molecule has 0 radical (unpaired) electrons. The molecule has 3 aromatic heterocycles. The first-order valence-corrected chi connectivity index (χ1v) is 5.37. The van der Waals surface area contributed by atoms with E-state index in [0.29, 0.717) is 5.56 Å². The minimum absolute atomic E-state index is 0.183. The summed E-state index contributed by atoms with van der Waals surface area (Å²) in [5, 5.41) is 10.1. The predicted molar refractivity (Wildman–Crippen MR) is 66.3 cm³/mol. The van der Waals surface area contributed by atoms with Gasteiger partial charge in [0.05, 0.1) is 5.56 Å². The molecule has 2 N–H and O–H groups in total. The molecule has 0 aliphatic heterocycles. The fourth-order valence-electron chi connectivity index (χ4n) is 1.98. The van der Waals surface area contributed by atoms with Crippen LogP contribution in [0, 0.1) is 0 Å². The van der Waals surface area contributed by atoms with Crippen LogP contribution in [-0.4, -0.2) is 26.0 Å². The fourth-order valence-corrected chi connectivity index (χ4v) is 1.98. The van der Waals surface area contributed by atoms with Gasteiger partial charge in [0.15, 0.2) is 0 Å². The van der Waals surface area contributed by atoms with E-state index in [9.17, 15) is 9.90 Å². The molecule has 5 heteroatoms. The number of hydrogen-bond donors (Lipinski definition) is 2. The van der Waals surface area contributed by atoms with Crippen molar-refractivity contribution in [1.82, 2.24) is 15.0 Å². The number of fused-ring (bicyclic) bond motifs is 1. The monoisotopic (exact) mass is 239 g/mol. The van der Waals surface area contributed by atoms with Crippen LogP contribution in [0.5, 0.6) is 0 Å².